The smallest absolute Gasteiger partial charge is 0.227 e. The summed E-state index contributed by atoms with van der Waals surface area (Å²) in [5, 5.41) is 3.56. The Labute approximate surface area is 145 Å². The van der Waals surface area contributed by atoms with Gasteiger partial charge in [-0.15, -0.1) is 0 Å². The molecule has 1 aromatic heterocycles. The van der Waals surface area contributed by atoms with E-state index in [9.17, 15) is 4.79 Å². The number of carbonyl (C=O) groups excluding carboxylic acids is 1. The first kappa shape index (κ1) is 16.5. The summed E-state index contributed by atoms with van der Waals surface area (Å²) in [5.74, 6) is 0.585. The van der Waals surface area contributed by atoms with Gasteiger partial charge < -0.3 is 9.73 Å². The molecule has 3 rings (SSSR count). The molecule has 124 valence electrons. The van der Waals surface area contributed by atoms with Gasteiger partial charge in [-0.3, -0.25) is 4.79 Å². The van der Waals surface area contributed by atoms with Crippen molar-refractivity contribution in [3.05, 3.63) is 47.5 Å². The molecule has 1 amide bonds. The fourth-order valence-electron chi connectivity index (χ4n) is 2.55. The van der Waals surface area contributed by atoms with Crippen molar-refractivity contribution in [3.8, 4) is 11.5 Å². The fourth-order valence-corrected chi connectivity index (χ4v) is 2.72. The number of hydrogen-bond donors (Lipinski definition) is 1. The van der Waals surface area contributed by atoms with Crippen LogP contribution in [0.25, 0.3) is 22.6 Å². The number of nitrogens with zero attached hydrogens (tertiary/aromatic N) is 1. The van der Waals surface area contributed by atoms with Gasteiger partial charge in [0.1, 0.15) is 5.52 Å². The number of anilines is 1. The number of hydrogen-bond acceptors (Lipinski definition) is 3. The Balaban J connectivity index is 1.77. The molecule has 0 aliphatic carbocycles. The molecule has 1 N–H and O–H groups in total. The molecule has 0 bridgehead atoms. The molecule has 0 unspecified atom stereocenters. The van der Waals surface area contributed by atoms with Crippen LogP contribution in [0.15, 0.2) is 46.9 Å². The van der Waals surface area contributed by atoms with E-state index in [1.165, 1.54) is 0 Å². The third-order valence-corrected chi connectivity index (χ3v) is 4.15. The van der Waals surface area contributed by atoms with E-state index in [0.29, 0.717) is 16.5 Å². The van der Waals surface area contributed by atoms with Gasteiger partial charge in [0.2, 0.25) is 11.8 Å². The SMILES string of the molecule is CCC[C@@H](C)C(=O)Nc1ccc(-c2nc3cc(Cl)ccc3o2)cc1. The lowest BCUT2D eigenvalue weighted by atomic mass is 10.1. The van der Waals surface area contributed by atoms with Crippen LogP contribution in [-0.4, -0.2) is 10.9 Å². The molecule has 0 aliphatic heterocycles. The topological polar surface area (TPSA) is 55.1 Å². The number of aromatic nitrogens is 1. The lowest BCUT2D eigenvalue weighted by Gasteiger charge is -2.11. The number of oxazole rings is 1. The second-order valence-electron chi connectivity index (χ2n) is 5.89. The first-order valence-corrected chi connectivity index (χ1v) is 8.42. The zero-order valence-corrected chi connectivity index (χ0v) is 14.4. The van der Waals surface area contributed by atoms with E-state index >= 15 is 0 Å². The Kier molecular flexibility index (Phi) is 4.86. The molecule has 0 saturated carbocycles. The number of fused-ring (bicyclic) bond motifs is 1. The van der Waals surface area contributed by atoms with Crippen molar-refractivity contribution in [2.24, 2.45) is 5.92 Å². The van der Waals surface area contributed by atoms with Crippen LogP contribution in [0.5, 0.6) is 0 Å². The second kappa shape index (κ2) is 7.05. The van der Waals surface area contributed by atoms with Crippen LogP contribution in [0, 0.1) is 5.92 Å². The van der Waals surface area contributed by atoms with Gasteiger partial charge in [0.15, 0.2) is 5.58 Å². The number of rotatable bonds is 5. The maximum Gasteiger partial charge on any atom is 0.227 e. The van der Waals surface area contributed by atoms with E-state index in [4.69, 9.17) is 16.0 Å². The van der Waals surface area contributed by atoms with E-state index in [0.717, 1.165) is 29.6 Å². The van der Waals surface area contributed by atoms with Crippen molar-refractivity contribution < 1.29 is 9.21 Å². The molecule has 2 aromatic carbocycles. The van der Waals surface area contributed by atoms with E-state index < -0.39 is 0 Å². The molecule has 4 nitrogen and oxygen atoms in total. The summed E-state index contributed by atoms with van der Waals surface area (Å²) in [7, 11) is 0. The van der Waals surface area contributed by atoms with Gasteiger partial charge in [0, 0.05) is 22.2 Å². The molecule has 0 radical (unpaired) electrons. The molecule has 0 aliphatic rings. The molecule has 0 spiro atoms. The summed E-state index contributed by atoms with van der Waals surface area (Å²) in [6, 6.07) is 12.8. The first-order valence-electron chi connectivity index (χ1n) is 8.04. The number of halogens is 1. The van der Waals surface area contributed by atoms with Crippen molar-refractivity contribution in [1.29, 1.82) is 0 Å². The maximum absolute atomic E-state index is 12.1. The average Bonchev–Trinajstić information content (AvgIpc) is 2.98. The van der Waals surface area contributed by atoms with Crippen molar-refractivity contribution in [2.45, 2.75) is 26.7 Å². The third-order valence-electron chi connectivity index (χ3n) is 3.92. The molecule has 5 heteroatoms. The number of amides is 1. The van der Waals surface area contributed by atoms with Crippen LogP contribution in [0.3, 0.4) is 0 Å². The molecule has 0 saturated heterocycles. The zero-order valence-electron chi connectivity index (χ0n) is 13.7. The van der Waals surface area contributed by atoms with Gasteiger partial charge in [0.25, 0.3) is 0 Å². The summed E-state index contributed by atoms with van der Waals surface area (Å²) < 4.78 is 5.74. The lowest BCUT2D eigenvalue weighted by Crippen LogP contribution is -2.20. The summed E-state index contributed by atoms with van der Waals surface area (Å²) in [6.07, 6.45) is 1.88. The normalized spacial score (nSPS) is 12.3. The third kappa shape index (κ3) is 3.60. The van der Waals surface area contributed by atoms with Gasteiger partial charge in [0.05, 0.1) is 0 Å². The molecule has 1 atom stereocenters. The lowest BCUT2D eigenvalue weighted by molar-refractivity contribution is -0.119. The van der Waals surface area contributed by atoms with E-state index in [2.05, 4.69) is 17.2 Å². The number of carbonyl (C=O) groups is 1. The number of nitrogens with one attached hydrogen (secondary N) is 1. The van der Waals surface area contributed by atoms with Gasteiger partial charge in [-0.2, -0.15) is 0 Å². The van der Waals surface area contributed by atoms with Gasteiger partial charge in [-0.05, 0) is 48.9 Å². The molecule has 0 fully saturated rings. The zero-order chi connectivity index (χ0) is 17.1. The largest absolute Gasteiger partial charge is 0.436 e. The highest BCUT2D eigenvalue weighted by atomic mass is 35.5. The highest BCUT2D eigenvalue weighted by molar-refractivity contribution is 6.31. The van der Waals surface area contributed by atoms with Crippen LogP contribution in [0.4, 0.5) is 5.69 Å². The fraction of sp³-hybridized carbons (Fsp3) is 0.263. The number of benzene rings is 2. The van der Waals surface area contributed by atoms with Gasteiger partial charge in [-0.1, -0.05) is 31.9 Å². The highest BCUT2D eigenvalue weighted by Gasteiger charge is 2.12. The van der Waals surface area contributed by atoms with E-state index in [1.54, 1.807) is 18.2 Å². The Morgan fingerprint density at radius 1 is 1.25 bits per heavy atom. The van der Waals surface area contributed by atoms with E-state index in [1.807, 2.05) is 31.2 Å². The van der Waals surface area contributed by atoms with Crippen molar-refractivity contribution in [1.82, 2.24) is 4.98 Å². The Morgan fingerprint density at radius 3 is 2.71 bits per heavy atom. The Bertz CT molecular complexity index is 855. The summed E-state index contributed by atoms with van der Waals surface area (Å²) in [5.41, 5.74) is 3.04. The van der Waals surface area contributed by atoms with Crippen molar-refractivity contribution >= 4 is 34.3 Å². The van der Waals surface area contributed by atoms with Crippen LogP contribution >= 0.6 is 11.6 Å². The van der Waals surface area contributed by atoms with Crippen molar-refractivity contribution in [2.75, 3.05) is 5.32 Å². The predicted octanol–water partition coefficient (Wildman–Crippen LogP) is 5.52. The quantitative estimate of drug-likeness (QED) is 0.663. The van der Waals surface area contributed by atoms with Crippen LogP contribution in [-0.2, 0) is 4.79 Å². The average molecular weight is 343 g/mol. The van der Waals surface area contributed by atoms with Crippen LogP contribution in [0.2, 0.25) is 5.02 Å². The van der Waals surface area contributed by atoms with Crippen LogP contribution in [0.1, 0.15) is 26.7 Å². The maximum atomic E-state index is 12.1. The predicted molar refractivity (Wildman–Crippen MR) is 97.2 cm³/mol. The second-order valence-corrected chi connectivity index (χ2v) is 6.32. The van der Waals surface area contributed by atoms with E-state index in [-0.39, 0.29) is 11.8 Å². The summed E-state index contributed by atoms with van der Waals surface area (Å²) in [4.78, 5) is 16.5. The Hall–Kier alpha value is -2.33. The summed E-state index contributed by atoms with van der Waals surface area (Å²) in [6.45, 7) is 4.02. The summed E-state index contributed by atoms with van der Waals surface area (Å²) >= 11 is 5.97. The standard InChI is InChI=1S/C19H19ClN2O2/c1-3-4-12(2)18(23)21-15-8-5-13(6-9-15)19-22-16-11-14(20)7-10-17(16)24-19/h5-12H,3-4H2,1-2H3,(H,21,23)/t12-/m1/s1. The molecular formula is C19H19ClN2O2. The minimum absolute atomic E-state index is 0.0106. The minimum Gasteiger partial charge on any atom is -0.436 e. The van der Waals surface area contributed by atoms with Gasteiger partial charge in [-0.25, -0.2) is 4.98 Å². The van der Waals surface area contributed by atoms with Crippen LogP contribution < -0.4 is 5.32 Å². The Morgan fingerprint density at radius 2 is 2.00 bits per heavy atom. The van der Waals surface area contributed by atoms with Crippen molar-refractivity contribution in [3.63, 3.8) is 0 Å². The molecular weight excluding hydrogens is 324 g/mol. The molecule has 3 aromatic rings. The first-order chi connectivity index (χ1) is 11.6. The molecule has 24 heavy (non-hydrogen) atoms. The minimum atomic E-state index is 0.0106. The molecule has 1 heterocycles. The monoisotopic (exact) mass is 342 g/mol. The highest BCUT2D eigenvalue weighted by Crippen LogP contribution is 2.27. The van der Waals surface area contributed by atoms with Gasteiger partial charge >= 0.3 is 0 Å².